The lowest BCUT2D eigenvalue weighted by Crippen LogP contribution is -2.44. The van der Waals surface area contributed by atoms with Gasteiger partial charge in [0.1, 0.15) is 17.0 Å². The molecule has 29 heavy (non-hydrogen) atoms. The van der Waals surface area contributed by atoms with E-state index in [2.05, 4.69) is 5.32 Å². The molecule has 7 nitrogen and oxygen atoms in total. The Balaban J connectivity index is 1.89. The van der Waals surface area contributed by atoms with Gasteiger partial charge in [0.25, 0.3) is 5.91 Å². The van der Waals surface area contributed by atoms with Crippen molar-refractivity contribution >= 4 is 17.7 Å². The van der Waals surface area contributed by atoms with Gasteiger partial charge >= 0.3 is 6.03 Å². The largest absolute Gasteiger partial charge is 0.497 e. The molecule has 152 valence electrons. The predicted octanol–water partition coefficient (Wildman–Crippen LogP) is 3.05. The molecule has 0 aromatic heterocycles. The second-order valence-electron chi connectivity index (χ2n) is 6.92. The number of nitrogens with zero attached hydrogens (tertiary/aromatic N) is 1. The molecule has 0 spiro atoms. The van der Waals surface area contributed by atoms with Crippen LogP contribution in [0.4, 0.5) is 4.79 Å². The van der Waals surface area contributed by atoms with Crippen LogP contribution in [0.15, 0.2) is 42.5 Å². The number of aryl methyl sites for hydroxylation is 1. The minimum Gasteiger partial charge on any atom is -0.497 e. The van der Waals surface area contributed by atoms with Crippen molar-refractivity contribution < 1.29 is 23.9 Å². The number of benzene rings is 2. The van der Waals surface area contributed by atoms with Crippen molar-refractivity contribution in [1.82, 2.24) is 10.2 Å². The summed E-state index contributed by atoms with van der Waals surface area (Å²) >= 11 is 0. The molecule has 0 radical (unpaired) electrons. The van der Waals surface area contributed by atoms with Crippen LogP contribution in [0, 0.1) is 6.92 Å². The van der Waals surface area contributed by atoms with E-state index in [4.69, 9.17) is 9.47 Å². The summed E-state index contributed by atoms with van der Waals surface area (Å²) in [6, 6.07) is 11.4. The SMILES string of the molecule is CCC1(c2ccc(OC)c(C)c2)NC(=O)N(CC(=O)c2cccc(OC)c2)C1=O. The second-order valence-corrected chi connectivity index (χ2v) is 6.92. The molecule has 1 saturated heterocycles. The van der Waals surface area contributed by atoms with Crippen LogP contribution >= 0.6 is 0 Å². The van der Waals surface area contributed by atoms with Gasteiger partial charge in [-0.2, -0.15) is 0 Å². The molecule has 0 bridgehead atoms. The van der Waals surface area contributed by atoms with E-state index in [1.807, 2.05) is 19.9 Å². The van der Waals surface area contributed by atoms with Gasteiger partial charge in [-0.05, 0) is 48.7 Å². The van der Waals surface area contributed by atoms with Crippen molar-refractivity contribution in [2.24, 2.45) is 0 Å². The van der Waals surface area contributed by atoms with Crippen LogP contribution in [0.2, 0.25) is 0 Å². The number of Topliss-reactive ketones (excluding diaryl/α,β-unsaturated/α-hetero) is 1. The maximum Gasteiger partial charge on any atom is 0.325 e. The third-order valence-corrected chi connectivity index (χ3v) is 5.29. The lowest BCUT2D eigenvalue weighted by molar-refractivity contribution is -0.131. The van der Waals surface area contributed by atoms with Crippen molar-refractivity contribution in [2.45, 2.75) is 25.8 Å². The van der Waals surface area contributed by atoms with Gasteiger partial charge in [-0.3, -0.25) is 14.5 Å². The van der Waals surface area contributed by atoms with Crippen molar-refractivity contribution in [2.75, 3.05) is 20.8 Å². The number of imide groups is 1. The highest BCUT2D eigenvalue weighted by atomic mass is 16.5. The summed E-state index contributed by atoms with van der Waals surface area (Å²) in [7, 11) is 3.08. The lowest BCUT2D eigenvalue weighted by Gasteiger charge is -2.26. The van der Waals surface area contributed by atoms with Gasteiger partial charge in [0.05, 0.1) is 20.8 Å². The lowest BCUT2D eigenvalue weighted by atomic mass is 9.86. The third kappa shape index (κ3) is 3.55. The number of methoxy groups -OCH3 is 2. The Hall–Kier alpha value is -3.35. The van der Waals surface area contributed by atoms with E-state index in [0.29, 0.717) is 29.0 Å². The van der Waals surface area contributed by atoms with E-state index >= 15 is 0 Å². The molecule has 2 aromatic rings. The molecule has 0 aliphatic carbocycles. The molecule has 3 amide bonds. The Morgan fingerprint density at radius 3 is 2.48 bits per heavy atom. The zero-order valence-electron chi connectivity index (χ0n) is 16.9. The fourth-order valence-electron chi connectivity index (χ4n) is 3.58. The number of urea groups is 1. The van der Waals surface area contributed by atoms with Crippen molar-refractivity contribution in [3.63, 3.8) is 0 Å². The first-order valence-electron chi connectivity index (χ1n) is 9.32. The molecule has 1 fully saturated rings. The van der Waals surface area contributed by atoms with Gasteiger partial charge in [-0.1, -0.05) is 25.1 Å². The van der Waals surface area contributed by atoms with Crippen molar-refractivity contribution in [1.29, 1.82) is 0 Å². The van der Waals surface area contributed by atoms with E-state index in [9.17, 15) is 14.4 Å². The number of carbonyl (C=O) groups excluding carboxylic acids is 3. The highest BCUT2D eigenvalue weighted by molar-refractivity contribution is 6.11. The molecular formula is C22H24N2O5. The average Bonchev–Trinajstić information content (AvgIpc) is 2.98. The van der Waals surface area contributed by atoms with Crippen LogP contribution in [0.25, 0.3) is 0 Å². The zero-order valence-corrected chi connectivity index (χ0v) is 16.9. The highest BCUT2D eigenvalue weighted by Crippen LogP contribution is 2.34. The van der Waals surface area contributed by atoms with Crippen LogP contribution < -0.4 is 14.8 Å². The summed E-state index contributed by atoms with van der Waals surface area (Å²) in [4.78, 5) is 39.5. The first-order chi connectivity index (χ1) is 13.9. The Bertz CT molecular complexity index is 971. The smallest absolute Gasteiger partial charge is 0.325 e. The first kappa shape index (κ1) is 20.4. The zero-order chi connectivity index (χ0) is 21.2. The number of nitrogens with one attached hydrogen (secondary N) is 1. The summed E-state index contributed by atoms with van der Waals surface area (Å²) in [5, 5.41) is 2.80. The third-order valence-electron chi connectivity index (χ3n) is 5.29. The maximum absolute atomic E-state index is 13.3. The van der Waals surface area contributed by atoms with Gasteiger partial charge in [-0.15, -0.1) is 0 Å². The molecule has 1 heterocycles. The predicted molar refractivity (Wildman–Crippen MR) is 107 cm³/mol. The number of ether oxygens (including phenoxy) is 2. The monoisotopic (exact) mass is 396 g/mol. The molecule has 1 atom stereocenters. The van der Waals surface area contributed by atoms with E-state index in [0.717, 1.165) is 10.5 Å². The Kier molecular flexibility index (Phi) is 5.59. The minimum absolute atomic E-state index is 0.339. The minimum atomic E-state index is -1.21. The Morgan fingerprint density at radius 2 is 1.86 bits per heavy atom. The van der Waals surface area contributed by atoms with Crippen molar-refractivity contribution in [3.05, 3.63) is 59.2 Å². The maximum atomic E-state index is 13.3. The molecule has 1 aliphatic rings. The first-order valence-corrected chi connectivity index (χ1v) is 9.32. The van der Waals surface area contributed by atoms with Crippen LogP contribution in [0.5, 0.6) is 11.5 Å². The van der Waals surface area contributed by atoms with Crippen LogP contribution in [0.3, 0.4) is 0 Å². The molecule has 0 saturated carbocycles. The summed E-state index contributed by atoms with van der Waals surface area (Å²) in [5.74, 6) is 0.447. The summed E-state index contributed by atoms with van der Waals surface area (Å²) in [6.45, 7) is 3.36. The van der Waals surface area contributed by atoms with Gasteiger partial charge in [-0.25, -0.2) is 4.79 Å². The van der Waals surface area contributed by atoms with Gasteiger partial charge in [0.15, 0.2) is 5.78 Å². The summed E-state index contributed by atoms with van der Waals surface area (Å²) in [6.07, 6.45) is 0.354. The topological polar surface area (TPSA) is 84.9 Å². The summed E-state index contributed by atoms with van der Waals surface area (Å²) in [5.41, 5.74) is 0.681. The fraction of sp³-hybridized carbons (Fsp3) is 0.318. The van der Waals surface area contributed by atoms with Gasteiger partial charge < -0.3 is 14.8 Å². The van der Waals surface area contributed by atoms with Gasteiger partial charge in [0, 0.05) is 5.56 Å². The quantitative estimate of drug-likeness (QED) is 0.574. The van der Waals surface area contributed by atoms with Crippen LogP contribution in [0.1, 0.15) is 34.8 Å². The molecule has 3 rings (SSSR count). The summed E-state index contributed by atoms with van der Waals surface area (Å²) < 4.78 is 10.4. The van der Waals surface area contributed by atoms with Gasteiger partial charge in [0.2, 0.25) is 0 Å². The highest BCUT2D eigenvalue weighted by Gasteiger charge is 2.51. The normalized spacial score (nSPS) is 18.6. The average molecular weight is 396 g/mol. The fourth-order valence-corrected chi connectivity index (χ4v) is 3.58. The molecule has 1 unspecified atom stereocenters. The molecular weight excluding hydrogens is 372 g/mol. The van der Waals surface area contributed by atoms with E-state index in [1.165, 1.54) is 7.11 Å². The molecule has 1 N–H and O–H groups in total. The van der Waals surface area contributed by atoms with E-state index in [-0.39, 0.29) is 12.3 Å². The number of ketones is 1. The number of hydrogen-bond acceptors (Lipinski definition) is 5. The number of carbonyl (C=O) groups is 3. The number of amides is 3. The Labute approximate surface area is 169 Å². The Morgan fingerprint density at radius 1 is 1.10 bits per heavy atom. The van der Waals surface area contributed by atoms with E-state index < -0.39 is 17.5 Å². The number of hydrogen-bond donors (Lipinski definition) is 1. The van der Waals surface area contributed by atoms with Crippen LogP contribution in [-0.4, -0.2) is 43.4 Å². The molecule has 2 aromatic carbocycles. The second kappa shape index (κ2) is 7.95. The molecule has 7 heteroatoms. The van der Waals surface area contributed by atoms with E-state index in [1.54, 1.807) is 43.5 Å². The van der Waals surface area contributed by atoms with Crippen molar-refractivity contribution in [3.8, 4) is 11.5 Å². The number of rotatable bonds is 7. The standard InChI is InChI=1S/C22H24N2O5/c1-5-22(16-9-10-19(29-4)14(2)11-16)20(26)24(21(27)23-22)13-18(25)15-7-6-8-17(12-15)28-3/h6-12H,5,13H2,1-4H3,(H,23,27). The molecule has 1 aliphatic heterocycles. The van der Waals surface area contributed by atoms with Crippen LogP contribution in [-0.2, 0) is 10.3 Å².